The molecule has 2 rings (SSSR count). The van der Waals surface area contributed by atoms with E-state index in [1.807, 2.05) is 18.0 Å². The first kappa shape index (κ1) is 10.8. The first-order valence-corrected chi connectivity index (χ1v) is 5.26. The van der Waals surface area contributed by atoms with E-state index >= 15 is 0 Å². The van der Waals surface area contributed by atoms with Crippen LogP contribution in [0.2, 0.25) is 0 Å². The van der Waals surface area contributed by atoms with Crippen LogP contribution in [0.5, 0.6) is 0 Å². The molecule has 1 aromatic rings. The molecule has 0 aromatic heterocycles. The van der Waals surface area contributed by atoms with Gasteiger partial charge in [0.15, 0.2) is 0 Å². The quantitative estimate of drug-likeness (QED) is 0.760. The molecule has 0 amide bonds. The Hall–Kier alpha value is -1.71. The summed E-state index contributed by atoms with van der Waals surface area (Å²) < 4.78 is 0. The summed E-state index contributed by atoms with van der Waals surface area (Å²) in [5.41, 5.74) is 1.97. The Bertz CT molecular complexity index is 441. The van der Waals surface area contributed by atoms with Crippen molar-refractivity contribution in [2.75, 3.05) is 23.8 Å². The van der Waals surface area contributed by atoms with Crippen molar-refractivity contribution in [3.05, 3.63) is 23.8 Å². The van der Waals surface area contributed by atoms with Gasteiger partial charge in [0.05, 0.1) is 16.9 Å². The fourth-order valence-corrected chi connectivity index (χ4v) is 2.30. The smallest absolute Gasteiger partial charge is 0.337 e. The number of carboxylic acids is 1. The van der Waals surface area contributed by atoms with Crippen LogP contribution in [0.1, 0.15) is 24.2 Å². The van der Waals surface area contributed by atoms with Gasteiger partial charge in [-0.3, -0.25) is 0 Å². The van der Waals surface area contributed by atoms with Gasteiger partial charge in [-0.25, -0.2) is 4.79 Å². The van der Waals surface area contributed by atoms with Crippen LogP contribution in [0.4, 0.5) is 11.4 Å². The number of para-hydroxylation sites is 1. The van der Waals surface area contributed by atoms with Crippen LogP contribution in [0.15, 0.2) is 18.2 Å². The number of benzene rings is 1. The summed E-state index contributed by atoms with van der Waals surface area (Å²) in [4.78, 5) is 13.1. The average Bonchev–Trinajstić information content (AvgIpc) is 2.14. The molecule has 1 aromatic carbocycles. The molecule has 0 bridgehead atoms. The molecule has 0 atom stereocenters. The van der Waals surface area contributed by atoms with Crippen molar-refractivity contribution in [1.82, 2.24) is 0 Å². The maximum atomic E-state index is 11.1. The van der Waals surface area contributed by atoms with Crippen LogP contribution >= 0.6 is 0 Å². The number of aromatic carboxylic acids is 1. The monoisotopic (exact) mass is 220 g/mol. The summed E-state index contributed by atoms with van der Waals surface area (Å²) >= 11 is 0. The molecule has 16 heavy (non-hydrogen) atoms. The Morgan fingerprint density at radius 1 is 1.50 bits per heavy atom. The molecule has 4 heteroatoms. The van der Waals surface area contributed by atoms with E-state index in [-0.39, 0.29) is 5.54 Å². The highest BCUT2D eigenvalue weighted by molar-refractivity contribution is 5.99. The lowest BCUT2D eigenvalue weighted by molar-refractivity contribution is 0.0697. The van der Waals surface area contributed by atoms with Gasteiger partial charge in [-0.15, -0.1) is 0 Å². The number of carboxylic acid groups (broad SMARTS) is 1. The molecule has 1 aliphatic heterocycles. The summed E-state index contributed by atoms with van der Waals surface area (Å²) in [6.07, 6.45) is 0. The van der Waals surface area contributed by atoms with Crippen molar-refractivity contribution < 1.29 is 9.90 Å². The fourth-order valence-electron chi connectivity index (χ4n) is 2.30. The Morgan fingerprint density at radius 3 is 2.81 bits per heavy atom. The molecule has 86 valence electrons. The number of rotatable bonds is 1. The van der Waals surface area contributed by atoms with Crippen molar-refractivity contribution >= 4 is 17.3 Å². The first-order valence-electron chi connectivity index (χ1n) is 5.26. The molecule has 0 aliphatic carbocycles. The molecule has 1 heterocycles. The number of nitrogens with one attached hydrogen (secondary N) is 1. The Labute approximate surface area is 94.9 Å². The normalized spacial score (nSPS) is 17.6. The average molecular weight is 220 g/mol. The Morgan fingerprint density at radius 2 is 2.19 bits per heavy atom. The van der Waals surface area contributed by atoms with Crippen molar-refractivity contribution in [1.29, 1.82) is 0 Å². The maximum absolute atomic E-state index is 11.1. The van der Waals surface area contributed by atoms with Gasteiger partial charge < -0.3 is 15.3 Å². The van der Waals surface area contributed by atoms with E-state index in [1.54, 1.807) is 12.1 Å². The van der Waals surface area contributed by atoms with E-state index in [2.05, 4.69) is 19.2 Å². The standard InChI is InChI=1S/C12H16N2O2/c1-12(2)7-14(3)10-8(11(15)16)5-4-6-9(10)13-12/h4-6,13H,7H2,1-3H3,(H,15,16). The number of fused-ring (bicyclic) bond motifs is 1. The lowest BCUT2D eigenvalue weighted by Gasteiger charge is -2.40. The number of hydrogen-bond acceptors (Lipinski definition) is 3. The first-order chi connectivity index (χ1) is 7.41. The molecular weight excluding hydrogens is 204 g/mol. The summed E-state index contributed by atoms with van der Waals surface area (Å²) in [6.45, 7) is 4.98. The van der Waals surface area contributed by atoms with Gasteiger partial charge in [0, 0.05) is 19.1 Å². The zero-order valence-corrected chi connectivity index (χ0v) is 9.74. The zero-order valence-electron chi connectivity index (χ0n) is 9.74. The van der Waals surface area contributed by atoms with Crippen LogP contribution in [0.25, 0.3) is 0 Å². The van der Waals surface area contributed by atoms with E-state index < -0.39 is 5.97 Å². The fraction of sp³-hybridized carbons (Fsp3) is 0.417. The molecule has 0 radical (unpaired) electrons. The second kappa shape index (κ2) is 3.40. The zero-order chi connectivity index (χ0) is 11.9. The number of likely N-dealkylation sites (N-methyl/N-ethyl adjacent to an activating group) is 1. The van der Waals surface area contributed by atoms with E-state index in [9.17, 15) is 4.79 Å². The second-order valence-corrected chi connectivity index (χ2v) is 4.87. The van der Waals surface area contributed by atoms with Crippen molar-refractivity contribution in [3.63, 3.8) is 0 Å². The highest BCUT2D eigenvalue weighted by Gasteiger charge is 2.30. The van der Waals surface area contributed by atoms with Crippen LogP contribution in [0, 0.1) is 0 Å². The highest BCUT2D eigenvalue weighted by Crippen LogP contribution is 2.36. The molecule has 0 fully saturated rings. The largest absolute Gasteiger partial charge is 0.478 e. The maximum Gasteiger partial charge on any atom is 0.337 e. The molecule has 0 saturated heterocycles. The third-order valence-electron chi connectivity index (χ3n) is 2.75. The van der Waals surface area contributed by atoms with Crippen LogP contribution < -0.4 is 10.2 Å². The third kappa shape index (κ3) is 1.71. The van der Waals surface area contributed by atoms with Crippen molar-refractivity contribution in [3.8, 4) is 0 Å². The number of hydrogen-bond donors (Lipinski definition) is 2. The van der Waals surface area contributed by atoms with E-state index in [0.717, 1.165) is 17.9 Å². The number of nitrogens with zero attached hydrogens (tertiary/aromatic N) is 1. The summed E-state index contributed by atoms with van der Waals surface area (Å²) in [7, 11) is 1.92. The topological polar surface area (TPSA) is 52.6 Å². The molecule has 1 aliphatic rings. The van der Waals surface area contributed by atoms with E-state index in [4.69, 9.17) is 5.11 Å². The van der Waals surface area contributed by atoms with Gasteiger partial charge >= 0.3 is 5.97 Å². The van der Waals surface area contributed by atoms with Crippen molar-refractivity contribution in [2.45, 2.75) is 19.4 Å². The second-order valence-electron chi connectivity index (χ2n) is 4.87. The van der Waals surface area contributed by atoms with Gasteiger partial charge in [-0.2, -0.15) is 0 Å². The van der Waals surface area contributed by atoms with Gasteiger partial charge in [0.2, 0.25) is 0 Å². The third-order valence-corrected chi connectivity index (χ3v) is 2.75. The summed E-state index contributed by atoms with van der Waals surface area (Å²) in [5, 5.41) is 12.5. The predicted molar refractivity (Wildman–Crippen MR) is 64.4 cm³/mol. The van der Waals surface area contributed by atoms with E-state index in [1.165, 1.54) is 0 Å². The van der Waals surface area contributed by atoms with E-state index in [0.29, 0.717) is 5.56 Å². The number of carbonyl (C=O) groups is 1. The van der Waals surface area contributed by atoms with Crippen LogP contribution in [0.3, 0.4) is 0 Å². The number of anilines is 2. The molecule has 0 saturated carbocycles. The molecule has 0 spiro atoms. The Kier molecular flexibility index (Phi) is 2.30. The minimum Gasteiger partial charge on any atom is -0.478 e. The van der Waals surface area contributed by atoms with Crippen LogP contribution in [-0.2, 0) is 0 Å². The molecule has 0 unspecified atom stereocenters. The molecule has 4 nitrogen and oxygen atoms in total. The Balaban J connectivity index is 2.56. The summed E-state index contributed by atoms with van der Waals surface area (Å²) in [6, 6.07) is 5.32. The molecule has 2 N–H and O–H groups in total. The SMILES string of the molecule is CN1CC(C)(C)Nc2cccc(C(=O)O)c21. The predicted octanol–water partition coefficient (Wildman–Crippen LogP) is 2.03. The van der Waals surface area contributed by atoms with Gasteiger partial charge in [-0.05, 0) is 26.0 Å². The van der Waals surface area contributed by atoms with Gasteiger partial charge in [0.25, 0.3) is 0 Å². The van der Waals surface area contributed by atoms with Gasteiger partial charge in [0.1, 0.15) is 0 Å². The van der Waals surface area contributed by atoms with Crippen LogP contribution in [-0.4, -0.2) is 30.2 Å². The minimum atomic E-state index is -0.884. The summed E-state index contributed by atoms with van der Waals surface area (Å²) in [5.74, 6) is -0.884. The highest BCUT2D eigenvalue weighted by atomic mass is 16.4. The van der Waals surface area contributed by atoms with Gasteiger partial charge in [-0.1, -0.05) is 6.07 Å². The lowest BCUT2D eigenvalue weighted by atomic mass is 9.98. The molecular formula is C12H16N2O2. The lowest BCUT2D eigenvalue weighted by Crippen LogP contribution is -2.47. The minimum absolute atomic E-state index is 0.0428. The van der Waals surface area contributed by atoms with Crippen molar-refractivity contribution in [2.24, 2.45) is 0 Å².